The number of H-pyrrole nitrogens is 1. The van der Waals surface area contributed by atoms with Crippen LogP contribution in [-0.2, 0) is 10.9 Å². The lowest BCUT2D eigenvalue weighted by Gasteiger charge is -2.33. The fraction of sp³-hybridized carbons (Fsp3) is 0.476. The smallest absolute Gasteiger partial charge is 0.417 e. The number of hydrogen-bond acceptors (Lipinski definition) is 4. The Bertz CT molecular complexity index is 1200. The monoisotopic (exact) mass is 436 g/mol. The summed E-state index contributed by atoms with van der Waals surface area (Å²) < 4.78 is 47.0. The lowest BCUT2D eigenvalue weighted by Crippen LogP contribution is -2.41. The number of nitrogens with zero attached hydrogens (tertiary/aromatic N) is 3. The Kier molecular flexibility index (Phi) is 4.98. The van der Waals surface area contributed by atoms with Crippen molar-refractivity contribution in [3.63, 3.8) is 0 Å². The molecular weight excluding hydrogens is 413 g/mol. The topological polar surface area (TPSA) is 79.7 Å². The summed E-state index contributed by atoms with van der Waals surface area (Å²) in [5.41, 5.74) is -1.26. The standard InChI is InChI=1S/C21H23F3N4O3/c1-20(2,3)31-19(30)27-9-7-12(8-10-27)15-11-16(29)28-18(25-15)17-13(21(22,23)24)5-4-6-14(17)26-28/h4-6,11-12,25H,7-10H2,1-3H3. The predicted molar refractivity (Wildman–Crippen MR) is 108 cm³/mol. The molecule has 0 aliphatic carbocycles. The van der Waals surface area contributed by atoms with Gasteiger partial charge in [0, 0.05) is 30.8 Å². The number of ether oxygens (including phenoxy) is 1. The van der Waals surface area contributed by atoms with Gasteiger partial charge >= 0.3 is 12.3 Å². The molecule has 0 atom stereocenters. The van der Waals surface area contributed by atoms with Crippen molar-refractivity contribution in [3.05, 3.63) is 45.9 Å². The molecule has 4 rings (SSSR count). The van der Waals surface area contributed by atoms with Crippen LogP contribution >= 0.6 is 0 Å². The number of piperidine rings is 1. The lowest BCUT2D eigenvalue weighted by molar-refractivity contribution is -0.136. The molecule has 0 bridgehead atoms. The van der Waals surface area contributed by atoms with Gasteiger partial charge in [-0.25, -0.2) is 4.79 Å². The summed E-state index contributed by atoms with van der Waals surface area (Å²) in [6, 6.07) is 5.08. The van der Waals surface area contributed by atoms with Crippen molar-refractivity contribution < 1.29 is 22.7 Å². The maximum Gasteiger partial charge on any atom is 0.417 e. The number of likely N-dealkylation sites (tertiary alicyclic amines) is 1. The first-order chi connectivity index (χ1) is 14.4. The van der Waals surface area contributed by atoms with E-state index in [2.05, 4.69) is 10.1 Å². The predicted octanol–water partition coefficient (Wildman–Crippen LogP) is 4.31. The molecule has 3 heterocycles. The van der Waals surface area contributed by atoms with E-state index in [9.17, 15) is 22.8 Å². The second-order valence-electron chi connectivity index (χ2n) is 8.76. The number of carbonyl (C=O) groups excluding carboxylic acids is 1. The fourth-order valence-electron chi connectivity index (χ4n) is 3.93. The van der Waals surface area contributed by atoms with E-state index >= 15 is 0 Å². The molecule has 0 spiro atoms. The number of fused-ring (bicyclic) bond motifs is 3. The van der Waals surface area contributed by atoms with Gasteiger partial charge < -0.3 is 14.6 Å². The molecule has 0 unspecified atom stereocenters. The van der Waals surface area contributed by atoms with Gasteiger partial charge in [-0.15, -0.1) is 0 Å². The molecule has 0 saturated carbocycles. The normalized spacial score (nSPS) is 16.3. The summed E-state index contributed by atoms with van der Waals surface area (Å²) in [4.78, 5) is 29.5. The van der Waals surface area contributed by atoms with E-state index in [-0.39, 0.29) is 22.5 Å². The zero-order valence-electron chi connectivity index (χ0n) is 17.4. The summed E-state index contributed by atoms with van der Waals surface area (Å²) in [5.74, 6) is -0.0978. The highest BCUT2D eigenvalue weighted by molar-refractivity contribution is 5.95. The van der Waals surface area contributed by atoms with Crippen molar-refractivity contribution in [2.24, 2.45) is 0 Å². The highest BCUT2D eigenvalue weighted by Crippen LogP contribution is 2.36. The van der Waals surface area contributed by atoms with Gasteiger partial charge in [0.25, 0.3) is 5.56 Å². The summed E-state index contributed by atoms with van der Waals surface area (Å²) in [6.07, 6.45) is -3.85. The van der Waals surface area contributed by atoms with Crippen LogP contribution in [-0.4, -0.2) is 44.3 Å². The third-order valence-electron chi connectivity index (χ3n) is 5.34. The van der Waals surface area contributed by atoms with Crippen molar-refractivity contribution in [1.29, 1.82) is 0 Å². The van der Waals surface area contributed by atoms with E-state index < -0.39 is 29.0 Å². The number of rotatable bonds is 1. The SMILES string of the molecule is CC(C)(C)OC(=O)N1CCC(c2cc(=O)n3nc4cccc(C(F)(F)F)c4c3[nH]2)CC1. The van der Waals surface area contributed by atoms with Gasteiger partial charge in [0.2, 0.25) is 0 Å². The molecular formula is C21H23F3N4O3. The van der Waals surface area contributed by atoms with Crippen LogP contribution in [0.15, 0.2) is 29.1 Å². The fourth-order valence-corrected chi connectivity index (χ4v) is 3.93. The van der Waals surface area contributed by atoms with E-state index in [0.29, 0.717) is 31.6 Å². The summed E-state index contributed by atoms with van der Waals surface area (Å²) >= 11 is 0. The number of carbonyl (C=O) groups is 1. The second-order valence-corrected chi connectivity index (χ2v) is 8.76. The molecule has 1 aliphatic rings. The second kappa shape index (κ2) is 7.28. The number of hydrogen-bond donors (Lipinski definition) is 1. The van der Waals surface area contributed by atoms with Crippen molar-refractivity contribution >= 4 is 22.6 Å². The first-order valence-electron chi connectivity index (χ1n) is 10.0. The van der Waals surface area contributed by atoms with Crippen LogP contribution in [0.2, 0.25) is 0 Å². The van der Waals surface area contributed by atoms with Gasteiger partial charge in [-0.2, -0.15) is 22.8 Å². The Labute approximate surface area is 175 Å². The van der Waals surface area contributed by atoms with Gasteiger partial charge in [-0.1, -0.05) is 6.07 Å². The van der Waals surface area contributed by atoms with E-state index in [0.717, 1.165) is 10.6 Å². The van der Waals surface area contributed by atoms with Crippen LogP contribution in [0.3, 0.4) is 0 Å². The first-order valence-corrected chi connectivity index (χ1v) is 10.0. The summed E-state index contributed by atoms with van der Waals surface area (Å²) in [5, 5.41) is 3.92. The van der Waals surface area contributed by atoms with Gasteiger partial charge in [0.15, 0.2) is 0 Å². The molecule has 1 amide bonds. The highest BCUT2D eigenvalue weighted by atomic mass is 19.4. The highest BCUT2D eigenvalue weighted by Gasteiger charge is 2.34. The van der Waals surface area contributed by atoms with Crippen molar-refractivity contribution in [3.8, 4) is 0 Å². The van der Waals surface area contributed by atoms with Gasteiger partial charge in [-0.3, -0.25) is 4.79 Å². The van der Waals surface area contributed by atoms with Crippen LogP contribution in [0.1, 0.15) is 50.8 Å². The third-order valence-corrected chi connectivity index (χ3v) is 5.34. The van der Waals surface area contributed by atoms with E-state index in [1.54, 1.807) is 25.7 Å². The molecule has 0 radical (unpaired) electrons. The Morgan fingerprint density at radius 3 is 2.48 bits per heavy atom. The van der Waals surface area contributed by atoms with Crippen LogP contribution in [0.5, 0.6) is 0 Å². The quantitative estimate of drug-likeness (QED) is 0.617. The molecule has 3 aromatic rings. The van der Waals surface area contributed by atoms with Crippen LogP contribution in [0, 0.1) is 0 Å². The maximum absolute atomic E-state index is 13.5. The van der Waals surface area contributed by atoms with E-state index in [1.165, 1.54) is 18.2 Å². The van der Waals surface area contributed by atoms with Crippen molar-refractivity contribution in [1.82, 2.24) is 19.5 Å². The molecule has 166 valence electrons. The van der Waals surface area contributed by atoms with Crippen LogP contribution < -0.4 is 5.56 Å². The number of nitrogens with one attached hydrogen (secondary N) is 1. The number of benzene rings is 1. The Morgan fingerprint density at radius 2 is 1.87 bits per heavy atom. The number of alkyl halides is 3. The number of amides is 1. The van der Waals surface area contributed by atoms with Gasteiger partial charge in [0.1, 0.15) is 11.2 Å². The summed E-state index contributed by atoms with van der Waals surface area (Å²) in [7, 11) is 0. The van der Waals surface area contributed by atoms with Crippen molar-refractivity contribution in [2.75, 3.05) is 13.1 Å². The van der Waals surface area contributed by atoms with Gasteiger partial charge in [0.05, 0.1) is 16.5 Å². The minimum atomic E-state index is -4.57. The number of aromatic nitrogens is 3. The molecule has 1 fully saturated rings. The third kappa shape index (κ3) is 4.11. The Morgan fingerprint density at radius 1 is 1.19 bits per heavy atom. The molecule has 31 heavy (non-hydrogen) atoms. The van der Waals surface area contributed by atoms with Crippen LogP contribution in [0.4, 0.5) is 18.0 Å². The molecule has 7 nitrogen and oxygen atoms in total. The number of halogens is 3. The van der Waals surface area contributed by atoms with Crippen molar-refractivity contribution in [2.45, 2.75) is 51.3 Å². The lowest BCUT2D eigenvalue weighted by atomic mass is 9.93. The minimum absolute atomic E-state index is 0.0278. The maximum atomic E-state index is 13.5. The molecule has 1 N–H and O–H groups in total. The average molecular weight is 436 g/mol. The molecule has 1 saturated heterocycles. The largest absolute Gasteiger partial charge is 0.444 e. The van der Waals surface area contributed by atoms with E-state index in [1.807, 2.05) is 0 Å². The zero-order valence-corrected chi connectivity index (χ0v) is 17.4. The zero-order chi connectivity index (χ0) is 22.6. The number of aromatic amines is 1. The average Bonchev–Trinajstić information content (AvgIpc) is 3.05. The first kappa shape index (κ1) is 21.2. The summed E-state index contributed by atoms with van der Waals surface area (Å²) in [6.45, 7) is 6.25. The molecule has 10 heteroatoms. The molecule has 2 aromatic heterocycles. The molecule has 1 aromatic carbocycles. The Hall–Kier alpha value is -3.04. The van der Waals surface area contributed by atoms with Crippen LogP contribution in [0.25, 0.3) is 16.6 Å². The molecule has 1 aliphatic heterocycles. The van der Waals surface area contributed by atoms with Gasteiger partial charge in [-0.05, 0) is 45.7 Å². The van der Waals surface area contributed by atoms with E-state index in [4.69, 9.17) is 4.74 Å². The minimum Gasteiger partial charge on any atom is -0.444 e. The Balaban J connectivity index is 1.66.